The maximum atomic E-state index is 15.3. The van der Waals surface area contributed by atoms with E-state index in [2.05, 4.69) is 29.5 Å². The van der Waals surface area contributed by atoms with Gasteiger partial charge in [-0.1, -0.05) is 30.6 Å². The summed E-state index contributed by atoms with van der Waals surface area (Å²) in [6, 6.07) is 11.4. The lowest BCUT2D eigenvalue weighted by Crippen LogP contribution is -2.70. The molecule has 0 spiro atoms. The van der Waals surface area contributed by atoms with Crippen molar-refractivity contribution in [1.82, 2.24) is 10.2 Å². The van der Waals surface area contributed by atoms with E-state index in [1.54, 1.807) is 31.5 Å². The number of nitrogens with zero attached hydrogens (tertiary/aromatic N) is 2. The smallest absolute Gasteiger partial charge is 0.254 e. The molecule has 0 unspecified atom stereocenters. The molecule has 5 aliphatic heterocycles. The van der Waals surface area contributed by atoms with E-state index in [0.717, 1.165) is 75.4 Å². The molecule has 14 heteroatoms. The Balaban J connectivity index is 1.14. The number of ether oxygens (including phenoxy) is 5. The fourth-order valence-electron chi connectivity index (χ4n) is 12.1. The quantitative estimate of drug-likeness (QED) is 0.131. The Kier molecular flexibility index (Phi) is 10.1. The Labute approximate surface area is 386 Å². The number of benzene rings is 4. The minimum Gasteiger partial charge on any atom is -0.506 e. The third-order valence-corrected chi connectivity index (χ3v) is 15.3. The number of hydrogen-bond donors (Lipinski definition) is 5. The highest BCUT2D eigenvalue weighted by Crippen LogP contribution is 2.60. The molecule has 5 N–H and O–H groups in total. The molecule has 14 nitrogen and oxygen atoms in total. The Morgan fingerprint density at radius 2 is 1.97 bits per heavy atom. The minimum atomic E-state index is -2.46. The van der Waals surface area contributed by atoms with Crippen molar-refractivity contribution in [2.24, 2.45) is 10.9 Å². The molecule has 67 heavy (non-hydrogen) atoms. The van der Waals surface area contributed by atoms with Crippen molar-refractivity contribution in [2.75, 3.05) is 33.9 Å². The van der Waals surface area contributed by atoms with Crippen LogP contribution in [0.1, 0.15) is 96.8 Å². The zero-order valence-corrected chi connectivity index (χ0v) is 37.1. The van der Waals surface area contributed by atoms with E-state index in [1.165, 1.54) is 4.90 Å². The third kappa shape index (κ3) is 6.32. The van der Waals surface area contributed by atoms with Crippen LogP contribution in [0.3, 0.4) is 0 Å². The number of methoxy groups -OCH3 is 1. The molecule has 5 heterocycles. The van der Waals surface area contributed by atoms with E-state index in [4.69, 9.17) is 28.7 Å². The van der Waals surface area contributed by atoms with Crippen molar-refractivity contribution in [3.63, 3.8) is 0 Å². The minimum absolute atomic E-state index is 0.00528. The van der Waals surface area contributed by atoms with Crippen LogP contribution < -0.4 is 14.8 Å². The van der Waals surface area contributed by atoms with Gasteiger partial charge in [0.2, 0.25) is 6.29 Å². The van der Waals surface area contributed by atoms with Crippen LogP contribution in [0.25, 0.3) is 22.4 Å². The van der Waals surface area contributed by atoms with Crippen molar-refractivity contribution >= 4 is 46.0 Å². The summed E-state index contributed by atoms with van der Waals surface area (Å²) in [4.78, 5) is 35.7. The summed E-state index contributed by atoms with van der Waals surface area (Å²) < 4.78 is 32.6. The van der Waals surface area contributed by atoms with Gasteiger partial charge in [0.1, 0.15) is 53.8 Å². The molecule has 2 fully saturated rings. The lowest BCUT2D eigenvalue weighted by atomic mass is 9.69. The average molecular weight is 905 g/mol. The second-order valence-corrected chi connectivity index (χ2v) is 18.9. The topological polar surface area (TPSA) is 189 Å². The van der Waals surface area contributed by atoms with Crippen molar-refractivity contribution in [1.29, 1.82) is 0 Å². The highest BCUT2D eigenvalue weighted by Gasteiger charge is 2.59. The van der Waals surface area contributed by atoms with Crippen LogP contribution in [-0.4, -0.2) is 113 Å². The van der Waals surface area contributed by atoms with Crippen LogP contribution in [0.4, 0.5) is 5.69 Å². The molecule has 8 atom stereocenters. The molecule has 1 amide bonds. The van der Waals surface area contributed by atoms with Gasteiger partial charge in [-0.05, 0) is 96.7 Å². The first-order chi connectivity index (χ1) is 32.6. The molecule has 4 aromatic carbocycles. The average Bonchev–Trinajstić information content (AvgIpc) is 4.06. The number of allylic oxidation sites excluding steroid dienone is 2. The maximum absolute atomic E-state index is 15.3. The Morgan fingerprint density at radius 3 is 2.81 bits per heavy atom. The highest BCUT2D eigenvalue weighted by molar-refractivity contribution is 6.17. The number of hydrogen-bond acceptors (Lipinski definition) is 13. The lowest BCUT2D eigenvalue weighted by molar-refractivity contribution is -0.328. The second kappa shape index (κ2) is 16.0. The summed E-state index contributed by atoms with van der Waals surface area (Å²) in [5.41, 5.74) is 6.11. The van der Waals surface area contributed by atoms with Gasteiger partial charge in [0.25, 0.3) is 5.91 Å². The van der Waals surface area contributed by atoms with Crippen LogP contribution in [0.5, 0.6) is 17.2 Å². The normalized spacial score (nSPS) is 29.1. The largest absolute Gasteiger partial charge is 0.506 e. The fourth-order valence-corrected chi connectivity index (χ4v) is 12.1. The zero-order valence-electron chi connectivity index (χ0n) is 37.1. The Morgan fingerprint density at radius 1 is 1.09 bits per heavy atom. The number of aliphatic hydroxyl groups is 3. The Bertz CT molecular complexity index is 2970. The number of aryl methyl sites for hydroxylation is 1. The van der Waals surface area contributed by atoms with Crippen LogP contribution in [0, 0.1) is 23.9 Å². The van der Waals surface area contributed by atoms with E-state index in [1.807, 2.05) is 31.3 Å². The van der Waals surface area contributed by atoms with Gasteiger partial charge in [-0.3, -0.25) is 9.59 Å². The summed E-state index contributed by atoms with van der Waals surface area (Å²) in [5.74, 6) is 3.26. The first-order valence-corrected chi connectivity index (χ1v) is 23.2. The summed E-state index contributed by atoms with van der Waals surface area (Å²) in [6.45, 7) is -0.735. The van der Waals surface area contributed by atoms with E-state index >= 15 is 4.79 Å². The van der Waals surface area contributed by atoms with Crippen LogP contribution in [-0.2, 0) is 40.1 Å². The summed E-state index contributed by atoms with van der Waals surface area (Å²) >= 11 is 0. The number of amides is 1. The molecule has 12 rings (SSSR count). The van der Waals surface area contributed by atoms with Gasteiger partial charge in [0.15, 0.2) is 28.7 Å². The highest BCUT2D eigenvalue weighted by atomic mass is 16.7. The van der Waals surface area contributed by atoms with Crippen molar-refractivity contribution in [3.8, 4) is 29.3 Å². The lowest BCUT2D eigenvalue weighted by Gasteiger charge is -2.47. The van der Waals surface area contributed by atoms with Crippen molar-refractivity contribution in [2.45, 2.75) is 93.8 Å². The van der Waals surface area contributed by atoms with Gasteiger partial charge in [0.05, 0.1) is 49.4 Å². The molecule has 1 saturated carbocycles. The Hall–Kier alpha value is -6.18. The van der Waals surface area contributed by atoms with Crippen LogP contribution in [0.15, 0.2) is 53.5 Å². The number of carbonyl (C=O) groups is 2. The van der Waals surface area contributed by atoms with Gasteiger partial charge in [-0.2, -0.15) is 4.99 Å². The monoisotopic (exact) mass is 904 g/mol. The predicted molar refractivity (Wildman–Crippen MR) is 246 cm³/mol. The summed E-state index contributed by atoms with van der Waals surface area (Å²) in [5, 5.41) is 53.2. The molecule has 0 aromatic heterocycles. The molecule has 342 valence electrons. The first-order valence-electron chi connectivity index (χ1n) is 23.2. The summed E-state index contributed by atoms with van der Waals surface area (Å²) in [7, 11) is 3.45. The SMILES string of the molecule is CNCc1ccc2c(c1)[C+]([C@H]1/C=C/c3c(OC)c4c5c6c(c7c(O)c5c3O[C@H]3O[C@H](CO1)[C@@H](O)[C@H](OC#CCc1cccc5c1CN(CC7=O)C5=O)[C@]3(O)CO)[C@H]1CCC[C@H]1C=C6CC4)C=N2. The summed E-state index contributed by atoms with van der Waals surface area (Å²) in [6.07, 6.45) is 7.43. The molecule has 3 aliphatic carbocycles. The maximum Gasteiger partial charge on any atom is 0.254 e. The number of carbonyl (C=O) groups excluding carboxylic acids is 2. The number of aliphatic imine (C=N–C) groups is 1. The number of phenols is 1. The van der Waals surface area contributed by atoms with Crippen LogP contribution in [0.2, 0.25) is 0 Å². The first kappa shape index (κ1) is 42.2. The van der Waals surface area contributed by atoms with Crippen molar-refractivity contribution < 1.29 is 53.7 Å². The number of aliphatic hydroxyl groups excluding tert-OH is 2. The van der Waals surface area contributed by atoms with Gasteiger partial charge in [-0.25, -0.2) is 0 Å². The van der Waals surface area contributed by atoms with E-state index in [-0.39, 0.29) is 66.3 Å². The molecule has 4 aromatic rings. The van der Waals surface area contributed by atoms with Gasteiger partial charge in [0, 0.05) is 47.7 Å². The molecule has 1 saturated heterocycles. The van der Waals surface area contributed by atoms with Gasteiger partial charge < -0.3 is 54.3 Å². The fraction of sp³-hybridized carbons (Fsp3) is 0.396. The molecule has 8 bridgehead atoms. The van der Waals surface area contributed by atoms with E-state index < -0.39 is 48.7 Å². The standard InChI is InChI=1S/C53H49N3O11/c1-54-20-26-11-15-37-34(18-26)35(21-55-37)39-16-14-33-48(63-2)32-13-12-29-19-28-7-4-9-30(28)42-41(29)43(32)45-47(60)44(42)38(58)23-56-22-36-27(6-3-10-31(36)51(56)61)8-5-17-64-50-46(59)40(24-65-39)66-52(67-49(33)45)53(50,62)25-57/h3,6,10-11,14-16,18-19,21,28,30,39-40,46,50,52,54,57,59,62H,4,7-9,12-13,20,22-25H2,1-2H3/p+1/b16-14+/t28-,30-,39+,40+,46+,50-,52+,53+/m0/s1. The zero-order chi connectivity index (χ0) is 45.9. The van der Waals surface area contributed by atoms with E-state index in [9.17, 15) is 25.2 Å². The third-order valence-electron chi connectivity index (χ3n) is 15.3. The number of phenolic OH excluding ortho intramolecular Hbond substituents is 1. The van der Waals surface area contributed by atoms with Crippen LogP contribution >= 0.6 is 0 Å². The number of nitrogens with one attached hydrogen (secondary N) is 1. The number of ketones is 1. The van der Waals surface area contributed by atoms with Gasteiger partial charge in [-0.15, -0.1) is 0 Å². The molecule has 0 radical (unpaired) electrons. The molecular weight excluding hydrogens is 855 g/mol. The number of rotatable bonds is 5. The predicted octanol–water partition coefficient (Wildman–Crippen LogP) is 5.18. The van der Waals surface area contributed by atoms with Gasteiger partial charge >= 0.3 is 0 Å². The number of fused-ring (bicyclic) bond motifs is 8. The molecular formula is C53H50N3O11+. The molecule has 8 aliphatic rings. The second-order valence-electron chi connectivity index (χ2n) is 18.9. The number of aromatic hydroxyl groups is 1. The number of Topliss-reactive ketones (excluding diaryl/α,β-unsaturated/α-hetero) is 1. The van der Waals surface area contributed by atoms with E-state index in [0.29, 0.717) is 41.6 Å². The van der Waals surface area contributed by atoms with Crippen molar-refractivity contribution in [3.05, 3.63) is 110 Å².